The minimum atomic E-state index is 0.798. The Kier molecular flexibility index (Phi) is 5.34. The van der Waals surface area contributed by atoms with Crippen LogP contribution in [0.2, 0.25) is 0 Å². The fourth-order valence-corrected chi connectivity index (χ4v) is 3.59. The summed E-state index contributed by atoms with van der Waals surface area (Å²) in [6.45, 7) is 7.08. The molecule has 0 aromatic carbocycles. The van der Waals surface area contributed by atoms with Crippen molar-refractivity contribution >= 4 is 0 Å². The molecular formula is C16H31N. The van der Waals surface area contributed by atoms with Gasteiger partial charge >= 0.3 is 0 Å². The van der Waals surface area contributed by atoms with Crippen LogP contribution in [0.3, 0.4) is 0 Å². The van der Waals surface area contributed by atoms with E-state index in [9.17, 15) is 0 Å². The van der Waals surface area contributed by atoms with Gasteiger partial charge in [0.2, 0.25) is 0 Å². The zero-order valence-corrected chi connectivity index (χ0v) is 11.9. The topological polar surface area (TPSA) is 12.0 Å². The first-order valence-corrected chi connectivity index (χ1v) is 7.96. The summed E-state index contributed by atoms with van der Waals surface area (Å²) in [6, 6.07) is 0. The van der Waals surface area contributed by atoms with E-state index in [-0.39, 0.29) is 0 Å². The van der Waals surface area contributed by atoms with Crippen LogP contribution in [0.15, 0.2) is 0 Å². The molecule has 2 aliphatic carbocycles. The van der Waals surface area contributed by atoms with Gasteiger partial charge in [-0.05, 0) is 56.0 Å². The molecule has 0 heterocycles. The summed E-state index contributed by atoms with van der Waals surface area (Å²) in [4.78, 5) is 0. The number of hydrogen-bond acceptors (Lipinski definition) is 1. The SMILES string of the molecule is CC(C)CNCC1CCC1CCC1CCCC1. The monoisotopic (exact) mass is 237 g/mol. The van der Waals surface area contributed by atoms with Gasteiger partial charge in [0.1, 0.15) is 0 Å². The van der Waals surface area contributed by atoms with Gasteiger partial charge in [-0.2, -0.15) is 0 Å². The van der Waals surface area contributed by atoms with Crippen molar-refractivity contribution in [1.82, 2.24) is 5.32 Å². The molecule has 1 N–H and O–H groups in total. The van der Waals surface area contributed by atoms with Crippen LogP contribution in [0.1, 0.15) is 65.2 Å². The van der Waals surface area contributed by atoms with Crippen molar-refractivity contribution in [3.63, 3.8) is 0 Å². The fourth-order valence-electron chi connectivity index (χ4n) is 3.59. The summed E-state index contributed by atoms with van der Waals surface area (Å²) in [6.07, 6.45) is 12.1. The van der Waals surface area contributed by atoms with Crippen molar-refractivity contribution in [3.8, 4) is 0 Å². The van der Waals surface area contributed by atoms with Crippen molar-refractivity contribution in [2.45, 2.75) is 65.2 Å². The molecule has 1 nitrogen and oxygen atoms in total. The second-order valence-electron chi connectivity index (χ2n) is 6.88. The third-order valence-electron chi connectivity index (χ3n) is 4.95. The minimum absolute atomic E-state index is 0.798. The molecule has 100 valence electrons. The smallest absolute Gasteiger partial charge is 0.00178 e. The van der Waals surface area contributed by atoms with Crippen LogP contribution in [0, 0.1) is 23.7 Å². The molecule has 2 atom stereocenters. The van der Waals surface area contributed by atoms with E-state index < -0.39 is 0 Å². The van der Waals surface area contributed by atoms with E-state index >= 15 is 0 Å². The Morgan fingerprint density at radius 2 is 1.65 bits per heavy atom. The Balaban J connectivity index is 1.55. The van der Waals surface area contributed by atoms with Crippen molar-refractivity contribution in [2.75, 3.05) is 13.1 Å². The summed E-state index contributed by atoms with van der Waals surface area (Å²) < 4.78 is 0. The summed E-state index contributed by atoms with van der Waals surface area (Å²) in [5.74, 6) is 3.97. The average molecular weight is 237 g/mol. The Morgan fingerprint density at radius 1 is 0.941 bits per heavy atom. The molecule has 0 aromatic rings. The summed E-state index contributed by atoms with van der Waals surface area (Å²) in [7, 11) is 0. The van der Waals surface area contributed by atoms with Crippen molar-refractivity contribution in [3.05, 3.63) is 0 Å². The second kappa shape index (κ2) is 6.78. The standard InChI is InChI=1S/C16H31N/c1-13(2)11-17-12-16-10-9-15(16)8-7-14-5-3-4-6-14/h13-17H,3-12H2,1-2H3. The van der Waals surface area contributed by atoms with Crippen molar-refractivity contribution < 1.29 is 0 Å². The Morgan fingerprint density at radius 3 is 2.24 bits per heavy atom. The highest BCUT2D eigenvalue weighted by atomic mass is 14.9. The van der Waals surface area contributed by atoms with E-state index in [4.69, 9.17) is 0 Å². The summed E-state index contributed by atoms with van der Waals surface area (Å²) in [5.41, 5.74) is 0. The zero-order valence-electron chi connectivity index (χ0n) is 11.9. The van der Waals surface area contributed by atoms with Gasteiger partial charge in [0.15, 0.2) is 0 Å². The average Bonchev–Trinajstić information content (AvgIpc) is 2.75. The molecule has 0 saturated heterocycles. The summed E-state index contributed by atoms with van der Waals surface area (Å²) >= 11 is 0. The first-order valence-electron chi connectivity index (χ1n) is 7.96. The van der Waals surface area contributed by atoms with Crippen molar-refractivity contribution in [1.29, 1.82) is 0 Å². The second-order valence-corrected chi connectivity index (χ2v) is 6.88. The van der Waals surface area contributed by atoms with E-state index in [1.54, 1.807) is 0 Å². The van der Waals surface area contributed by atoms with Crippen LogP contribution in [0.4, 0.5) is 0 Å². The van der Waals surface area contributed by atoms with E-state index in [0.717, 1.165) is 23.7 Å². The van der Waals surface area contributed by atoms with Crippen LogP contribution in [0.25, 0.3) is 0 Å². The van der Waals surface area contributed by atoms with Crippen LogP contribution >= 0.6 is 0 Å². The zero-order chi connectivity index (χ0) is 12.1. The van der Waals surface area contributed by atoms with Crippen LogP contribution in [-0.4, -0.2) is 13.1 Å². The highest BCUT2D eigenvalue weighted by Crippen LogP contribution is 2.39. The van der Waals surface area contributed by atoms with E-state index in [2.05, 4.69) is 19.2 Å². The van der Waals surface area contributed by atoms with Crippen molar-refractivity contribution in [2.24, 2.45) is 23.7 Å². The van der Waals surface area contributed by atoms with Gasteiger partial charge in [0, 0.05) is 0 Å². The quantitative estimate of drug-likeness (QED) is 0.699. The molecule has 0 radical (unpaired) electrons. The molecule has 2 rings (SSSR count). The summed E-state index contributed by atoms with van der Waals surface area (Å²) in [5, 5.41) is 3.64. The molecular weight excluding hydrogens is 206 g/mol. The lowest BCUT2D eigenvalue weighted by atomic mass is 9.70. The molecule has 17 heavy (non-hydrogen) atoms. The number of rotatable bonds is 7. The fraction of sp³-hybridized carbons (Fsp3) is 1.00. The van der Waals surface area contributed by atoms with Gasteiger partial charge < -0.3 is 5.32 Å². The van der Waals surface area contributed by atoms with E-state index in [1.807, 2.05) is 0 Å². The minimum Gasteiger partial charge on any atom is -0.316 e. The Bertz CT molecular complexity index is 206. The third kappa shape index (κ3) is 4.28. The highest BCUT2D eigenvalue weighted by molar-refractivity contribution is 4.83. The predicted octanol–water partition coefficient (Wildman–Crippen LogP) is 4.23. The predicted molar refractivity (Wildman–Crippen MR) is 75.1 cm³/mol. The molecule has 2 aliphatic rings. The van der Waals surface area contributed by atoms with E-state index in [0.29, 0.717) is 0 Å². The molecule has 2 unspecified atom stereocenters. The van der Waals surface area contributed by atoms with E-state index in [1.165, 1.54) is 64.5 Å². The van der Waals surface area contributed by atoms with Crippen LogP contribution < -0.4 is 5.32 Å². The molecule has 0 aliphatic heterocycles. The molecule has 0 amide bonds. The van der Waals surface area contributed by atoms with Gasteiger partial charge in [0.25, 0.3) is 0 Å². The van der Waals surface area contributed by atoms with Gasteiger partial charge in [-0.1, -0.05) is 46.0 Å². The lowest BCUT2D eigenvalue weighted by molar-refractivity contribution is 0.149. The van der Waals surface area contributed by atoms with Crippen LogP contribution in [0.5, 0.6) is 0 Å². The van der Waals surface area contributed by atoms with Crippen LogP contribution in [-0.2, 0) is 0 Å². The maximum atomic E-state index is 3.64. The maximum Gasteiger partial charge on any atom is -0.00178 e. The maximum absolute atomic E-state index is 3.64. The third-order valence-corrected chi connectivity index (χ3v) is 4.95. The van der Waals surface area contributed by atoms with Gasteiger partial charge in [-0.15, -0.1) is 0 Å². The Labute approximate surface area is 108 Å². The first kappa shape index (κ1) is 13.4. The lowest BCUT2D eigenvalue weighted by Gasteiger charge is -2.37. The molecule has 0 bridgehead atoms. The Hall–Kier alpha value is -0.0400. The molecule has 2 fully saturated rings. The van der Waals surface area contributed by atoms with Gasteiger partial charge in [-0.3, -0.25) is 0 Å². The number of hydrogen-bond donors (Lipinski definition) is 1. The molecule has 0 aromatic heterocycles. The molecule has 1 heteroatoms. The van der Waals surface area contributed by atoms with Gasteiger partial charge in [0.05, 0.1) is 0 Å². The normalized spacial score (nSPS) is 29.8. The number of nitrogens with one attached hydrogen (secondary N) is 1. The largest absolute Gasteiger partial charge is 0.316 e. The van der Waals surface area contributed by atoms with Gasteiger partial charge in [-0.25, -0.2) is 0 Å². The molecule has 0 spiro atoms. The first-order chi connectivity index (χ1) is 8.25. The molecule has 2 saturated carbocycles. The lowest BCUT2D eigenvalue weighted by Crippen LogP contribution is -2.36. The highest BCUT2D eigenvalue weighted by Gasteiger charge is 2.30.